The summed E-state index contributed by atoms with van der Waals surface area (Å²) in [5.41, 5.74) is 3.35. The van der Waals surface area contributed by atoms with Crippen LogP contribution in [0.4, 0.5) is 4.39 Å². The number of hydrogen-bond acceptors (Lipinski definition) is 4. The molecule has 1 N–H and O–H groups in total. The van der Waals surface area contributed by atoms with E-state index in [4.69, 9.17) is 4.74 Å². The van der Waals surface area contributed by atoms with Gasteiger partial charge in [-0.05, 0) is 24.1 Å². The number of nitrogens with one attached hydrogen (secondary N) is 1. The molecule has 2 heterocycles. The van der Waals surface area contributed by atoms with Crippen molar-refractivity contribution in [3.05, 3.63) is 76.1 Å². The van der Waals surface area contributed by atoms with Gasteiger partial charge >= 0.3 is 0 Å². The number of ether oxygens (including phenoxy) is 1. The van der Waals surface area contributed by atoms with E-state index >= 15 is 0 Å². The van der Waals surface area contributed by atoms with Crippen LogP contribution < -0.4 is 11.0 Å². The molecule has 1 aliphatic rings. The zero-order valence-corrected chi connectivity index (χ0v) is 14.5. The molecule has 1 atom stereocenters. The molecule has 6 nitrogen and oxygen atoms in total. The quantitative estimate of drug-likeness (QED) is 0.768. The molecule has 0 saturated carbocycles. The van der Waals surface area contributed by atoms with Crippen molar-refractivity contribution < 1.29 is 13.9 Å². The molecule has 1 unspecified atom stereocenters. The third-order valence-corrected chi connectivity index (χ3v) is 4.60. The Kier molecular flexibility index (Phi) is 4.68. The number of benzene rings is 2. The number of rotatable bonds is 4. The second-order valence-corrected chi connectivity index (χ2v) is 6.53. The van der Waals surface area contributed by atoms with E-state index in [1.165, 1.54) is 22.9 Å². The van der Waals surface area contributed by atoms with E-state index in [9.17, 15) is 14.0 Å². The summed E-state index contributed by atoms with van der Waals surface area (Å²) in [4.78, 5) is 29.9. The minimum Gasteiger partial charge on any atom is -0.381 e. The third-order valence-electron chi connectivity index (χ3n) is 4.60. The summed E-state index contributed by atoms with van der Waals surface area (Å²) in [5, 5.41) is 0.249. The van der Waals surface area contributed by atoms with Crippen molar-refractivity contribution in [1.82, 2.24) is 9.66 Å². The van der Waals surface area contributed by atoms with Gasteiger partial charge in [0.2, 0.25) is 5.91 Å². The van der Waals surface area contributed by atoms with Crippen molar-refractivity contribution >= 4 is 16.8 Å². The minimum atomic E-state index is -0.464. The normalized spacial score (nSPS) is 16.6. The van der Waals surface area contributed by atoms with Gasteiger partial charge in [-0.3, -0.25) is 15.0 Å². The number of halogens is 1. The Morgan fingerprint density at radius 1 is 1.26 bits per heavy atom. The molecule has 1 amide bonds. The smallest absolute Gasteiger partial charge is 0.280 e. The summed E-state index contributed by atoms with van der Waals surface area (Å²) >= 11 is 0. The fourth-order valence-electron chi connectivity index (χ4n) is 3.24. The molecular weight excluding hydrogens is 349 g/mol. The Balaban J connectivity index is 1.74. The van der Waals surface area contributed by atoms with E-state index in [2.05, 4.69) is 10.4 Å². The van der Waals surface area contributed by atoms with Gasteiger partial charge in [0.25, 0.3) is 5.56 Å². The van der Waals surface area contributed by atoms with Crippen LogP contribution in [0.5, 0.6) is 0 Å². The highest BCUT2D eigenvalue weighted by Gasteiger charge is 2.25. The van der Waals surface area contributed by atoms with Crippen LogP contribution in [0.2, 0.25) is 0 Å². The fourth-order valence-corrected chi connectivity index (χ4v) is 3.24. The third kappa shape index (κ3) is 3.59. The molecule has 4 rings (SSSR count). The van der Waals surface area contributed by atoms with Crippen LogP contribution in [0.1, 0.15) is 23.7 Å². The molecule has 1 aliphatic heterocycles. The predicted octanol–water partition coefficient (Wildman–Crippen LogP) is 2.35. The molecule has 1 saturated heterocycles. The summed E-state index contributed by atoms with van der Waals surface area (Å²) in [7, 11) is 0. The van der Waals surface area contributed by atoms with Crippen LogP contribution >= 0.6 is 0 Å². The maximum absolute atomic E-state index is 13.6. The van der Waals surface area contributed by atoms with Gasteiger partial charge in [0.15, 0.2) is 0 Å². The van der Waals surface area contributed by atoms with Crippen molar-refractivity contribution in [1.29, 1.82) is 0 Å². The molecule has 0 spiro atoms. The van der Waals surface area contributed by atoms with Crippen molar-refractivity contribution in [2.45, 2.75) is 18.8 Å². The standard InChI is InChI=1S/C20H18FN3O3/c21-15-6-7-16-17(11-15)22-19(14-8-9-27-12-14)24(20(16)26)23-18(25)10-13-4-2-1-3-5-13/h1-7,11,14H,8-10,12H2,(H,23,25). The van der Waals surface area contributed by atoms with E-state index < -0.39 is 11.4 Å². The molecule has 7 heteroatoms. The van der Waals surface area contributed by atoms with Crippen LogP contribution in [0.25, 0.3) is 10.9 Å². The van der Waals surface area contributed by atoms with E-state index in [1.807, 2.05) is 30.3 Å². The zero-order chi connectivity index (χ0) is 18.8. The molecule has 2 aromatic carbocycles. The Bertz CT molecular complexity index is 1040. The highest BCUT2D eigenvalue weighted by molar-refractivity contribution is 5.86. The van der Waals surface area contributed by atoms with E-state index in [1.54, 1.807) is 0 Å². The molecule has 1 aromatic heterocycles. The second kappa shape index (κ2) is 7.28. The monoisotopic (exact) mass is 367 g/mol. The number of carbonyl (C=O) groups excluding carboxylic acids is 1. The lowest BCUT2D eigenvalue weighted by Crippen LogP contribution is -2.38. The fraction of sp³-hybridized carbons (Fsp3) is 0.250. The molecule has 3 aromatic rings. The Labute approximate surface area is 154 Å². The number of hydrogen-bond donors (Lipinski definition) is 1. The van der Waals surface area contributed by atoms with Gasteiger partial charge in [0.1, 0.15) is 11.6 Å². The summed E-state index contributed by atoms with van der Waals surface area (Å²) in [5.74, 6) is -0.542. The van der Waals surface area contributed by atoms with Gasteiger partial charge < -0.3 is 4.74 Å². The molecular formula is C20H18FN3O3. The van der Waals surface area contributed by atoms with Crippen molar-refractivity contribution in [2.24, 2.45) is 0 Å². The maximum Gasteiger partial charge on any atom is 0.280 e. The number of amides is 1. The summed E-state index contributed by atoms with van der Waals surface area (Å²) in [6, 6.07) is 13.1. The van der Waals surface area contributed by atoms with Crippen LogP contribution in [-0.2, 0) is 16.0 Å². The molecule has 0 radical (unpaired) electrons. The van der Waals surface area contributed by atoms with E-state index in [-0.39, 0.29) is 29.1 Å². The van der Waals surface area contributed by atoms with Gasteiger partial charge in [-0.2, -0.15) is 0 Å². The summed E-state index contributed by atoms with van der Waals surface area (Å²) in [6.07, 6.45) is 0.817. The minimum absolute atomic E-state index is 0.134. The van der Waals surface area contributed by atoms with Crippen molar-refractivity contribution in [2.75, 3.05) is 18.6 Å². The first-order chi connectivity index (χ1) is 13.1. The van der Waals surface area contributed by atoms with Crippen LogP contribution in [0.15, 0.2) is 53.3 Å². The van der Waals surface area contributed by atoms with Gasteiger partial charge in [-0.1, -0.05) is 30.3 Å². The SMILES string of the molecule is O=C(Cc1ccccc1)Nn1c(C2CCOC2)nc2cc(F)ccc2c1=O. The first-order valence-electron chi connectivity index (χ1n) is 8.75. The largest absolute Gasteiger partial charge is 0.381 e. The predicted molar refractivity (Wildman–Crippen MR) is 98.7 cm³/mol. The van der Waals surface area contributed by atoms with Gasteiger partial charge in [0, 0.05) is 18.6 Å². The molecule has 138 valence electrons. The molecule has 1 fully saturated rings. The van der Waals surface area contributed by atoms with Crippen molar-refractivity contribution in [3.8, 4) is 0 Å². The highest BCUT2D eigenvalue weighted by Crippen LogP contribution is 2.24. The number of carbonyl (C=O) groups is 1. The number of nitrogens with zero attached hydrogens (tertiary/aromatic N) is 2. The molecule has 0 aliphatic carbocycles. The van der Waals surface area contributed by atoms with E-state index in [0.717, 1.165) is 5.56 Å². The molecule has 27 heavy (non-hydrogen) atoms. The van der Waals surface area contributed by atoms with Crippen LogP contribution in [-0.4, -0.2) is 28.8 Å². The molecule has 0 bridgehead atoms. The highest BCUT2D eigenvalue weighted by atomic mass is 19.1. The average molecular weight is 367 g/mol. The summed E-state index contributed by atoms with van der Waals surface area (Å²) < 4.78 is 20.2. The lowest BCUT2D eigenvalue weighted by Gasteiger charge is -2.17. The van der Waals surface area contributed by atoms with Crippen molar-refractivity contribution in [3.63, 3.8) is 0 Å². The lowest BCUT2D eigenvalue weighted by atomic mass is 10.1. The Morgan fingerprint density at radius 2 is 2.07 bits per heavy atom. The Hall–Kier alpha value is -3.06. The number of aromatic nitrogens is 2. The Morgan fingerprint density at radius 3 is 2.81 bits per heavy atom. The van der Waals surface area contributed by atoms with Gasteiger partial charge in [-0.25, -0.2) is 14.1 Å². The zero-order valence-electron chi connectivity index (χ0n) is 14.5. The number of fused-ring (bicyclic) bond motifs is 1. The van der Waals surface area contributed by atoms with Crippen LogP contribution in [0, 0.1) is 5.82 Å². The first kappa shape index (κ1) is 17.4. The lowest BCUT2D eigenvalue weighted by molar-refractivity contribution is -0.116. The first-order valence-corrected chi connectivity index (χ1v) is 8.75. The summed E-state index contributed by atoms with van der Waals surface area (Å²) in [6.45, 7) is 0.960. The van der Waals surface area contributed by atoms with Crippen LogP contribution in [0.3, 0.4) is 0 Å². The van der Waals surface area contributed by atoms with Gasteiger partial charge in [0.05, 0.1) is 23.9 Å². The average Bonchev–Trinajstić information content (AvgIpc) is 3.19. The maximum atomic E-state index is 13.6. The van der Waals surface area contributed by atoms with E-state index in [0.29, 0.717) is 25.5 Å². The van der Waals surface area contributed by atoms with Gasteiger partial charge in [-0.15, -0.1) is 0 Å². The topological polar surface area (TPSA) is 73.2 Å². The second-order valence-electron chi connectivity index (χ2n) is 6.53.